The van der Waals surface area contributed by atoms with Crippen molar-refractivity contribution in [2.75, 3.05) is 13.1 Å². The van der Waals surface area contributed by atoms with Crippen molar-refractivity contribution < 1.29 is 9.90 Å². The molecule has 74 valence electrons. The molecule has 1 aromatic rings. The Morgan fingerprint density at radius 1 is 1.36 bits per heavy atom. The van der Waals surface area contributed by atoms with Crippen LogP contribution < -0.4 is 0 Å². The van der Waals surface area contributed by atoms with Crippen LogP contribution in [0.4, 0.5) is 0 Å². The van der Waals surface area contributed by atoms with Gasteiger partial charge in [0.2, 0.25) is 5.91 Å². The van der Waals surface area contributed by atoms with E-state index < -0.39 is 5.60 Å². The van der Waals surface area contributed by atoms with Crippen LogP contribution in [0.2, 0.25) is 0 Å². The second kappa shape index (κ2) is 3.10. The molecule has 1 N–H and O–H groups in total. The average molecular weight is 191 g/mol. The number of carbonyl (C=O) groups excluding carboxylic acids is 1. The van der Waals surface area contributed by atoms with E-state index in [1.54, 1.807) is 4.90 Å². The van der Waals surface area contributed by atoms with Crippen molar-refractivity contribution in [2.45, 2.75) is 12.5 Å². The van der Waals surface area contributed by atoms with Crippen LogP contribution in [0.1, 0.15) is 12.5 Å². The summed E-state index contributed by atoms with van der Waals surface area (Å²) in [5.41, 5.74) is 0.0601. The molecule has 1 aliphatic rings. The van der Waals surface area contributed by atoms with Gasteiger partial charge in [0.1, 0.15) is 5.60 Å². The second-order valence-electron chi connectivity index (χ2n) is 3.77. The first-order valence-electron chi connectivity index (χ1n) is 4.65. The largest absolute Gasteiger partial charge is 0.381 e. The van der Waals surface area contributed by atoms with E-state index in [0.29, 0.717) is 13.1 Å². The maximum absolute atomic E-state index is 11.0. The standard InChI is InChI=1S/C11H13NO2/c1-9(13)12-7-11(14,8-12)10-5-3-2-4-6-10/h2-6,14H,7-8H2,1H3. The highest BCUT2D eigenvalue weighted by molar-refractivity contribution is 5.74. The van der Waals surface area contributed by atoms with E-state index in [4.69, 9.17) is 0 Å². The molecular formula is C11H13NO2. The fourth-order valence-corrected chi connectivity index (χ4v) is 1.74. The number of aliphatic hydroxyl groups is 1. The Morgan fingerprint density at radius 3 is 2.43 bits per heavy atom. The highest BCUT2D eigenvalue weighted by Gasteiger charge is 2.43. The fourth-order valence-electron chi connectivity index (χ4n) is 1.74. The molecule has 1 aliphatic heterocycles. The minimum absolute atomic E-state index is 0.0191. The number of hydrogen-bond acceptors (Lipinski definition) is 2. The average Bonchev–Trinajstić information content (AvgIpc) is 2.14. The zero-order valence-corrected chi connectivity index (χ0v) is 8.10. The normalized spacial score (nSPS) is 18.9. The molecule has 1 amide bonds. The number of likely N-dealkylation sites (tertiary alicyclic amines) is 1. The Labute approximate surface area is 83.0 Å². The van der Waals surface area contributed by atoms with Gasteiger partial charge in [-0.3, -0.25) is 4.79 Å². The molecule has 0 aliphatic carbocycles. The van der Waals surface area contributed by atoms with Gasteiger partial charge in [-0.15, -0.1) is 0 Å². The van der Waals surface area contributed by atoms with Gasteiger partial charge >= 0.3 is 0 Å². The van der Waals surface area contributed by atoms with Gasteiger partial charge in [0.25, 0.3) is 0 Å². The van der Waals surface area contributed by atoms with E-state index in [-0.39, 0.29) is 5.91 Å². The van der Waals surface area contributed by atoms with Crippen molar-refractivity contribution in [1.29, 1.82) is 0 Å². The molecule has 1 aromatic carbocycles. The first-order valence-corrected chi connectivity index (χ1v) is 4.65. The number of carbonyl (C=O) groups is 1. The van der Waals surface area contributed by atoms with Crippen molar-refractivity contribution in [3.8, 4) is 0 Å². The van der Waals surface area contributed by atoms with Gasteiger partial charge in [-0.25, -0.2) is 0 Å². The highest BCUT2D eigenvalue weighted by Crippen LogP contribution is 2.31. The lowest BCUT2D eigenvalue weighted by Gasteiger charge is -2.46. The molecule has 0 unspecified atom stereocenters. The molecule has 14 heavy (non-hydrogen) atoms. The lowest BCUT2D eigenvalue weighted by molar-refractivity contribution is -0.154. The molecule has 0 radical (unpaired) electrons. The van der Waals surface area contributed by atoms with Gasteiger partial charge < -0.3 is 10.0 Å². The summed E-state index contributed by atoms with van der Waals surface area (Å²) in [6.07, 6.45) is 0. The minimum atomic E-state index is -0.826. The summed E-state index contributed by atoms with van der Waals surface area (Å²) in [6.45, 7) is 2.34. The molecular weight excluding hydrogens is 178 g/mol. The molecule has 0 atom stereocenters. The van der Waals surface area contributed by atoms with Crippen LogP contribution >= 0.6 is 0 Å². The van der Waals surface area contributed by atoms with Crippen LogP contribution in [-0.4, -0.2) is 29.0 Å². The molecule has 0 saturated carbocycles. The van der Waals surface area contributed by atoms with Gasteiger partial charge in [0.15, 0.2) is 0 Å². The lowest BCUT2D eigenvalue weighted by Crippen LogP contribution is -2.60. The molecule has 3 nitrogen and oxygen atoms in total. The van der Waals surface area contributed by atoms with Gasteiger partial charge in [0, 0.05) is 6.92 Å². The number of hydrogen-bond donors (Lipinski definition) is 1. The lowest BCUT2D eigenvalue weighted by atomic mass is 9.86. The first-order chi connectivity index (χ1) is 6.62. The number of nitrogens with zero attached hydrogens (tertiary/aromatic N) is 1. The van der Waals surface area contributed by atoms with Crippen molar-refractivity contribution in [3.05, 3.63) is 35.9 Å². The number of amides is 1. The summed E-state index contributed by atoms with van der Waals surface area (Å²) in [4.78, 5) is 12.6. The Hall–Kier alpha value is -1.35. The zero-order valence-electron chi connectivity index (χ0n) is 8.10. The predicted molar refractivity (Wildman–Crippen MR) is 52.6 cm³/mol. The van der Waals surface area contributed by atoms with E-state index in [1.165, 1.54) is 6.92 Å². The van der Waals surface area contributed by atoms with Crippen LogP contribution in [0.5, 0.6) is 0 Å². The molecule has 1 saturated heterocycles. The van der Waals surface area contributed by atoms with E-state index >= 15 is 0 Å². The molecule has 3 heteroatoms. The van der Waals surface area contributed by atoms with Crippen molar-refractivity contribution in [2.24, 2.45) is 0 Å². The quantitative estimate of drug-likeness (QED) is 0.711. The van der Waals surface area contributed by atoms with E-state index in [9.17, 15) is 9.90 Å². The van der Waals surface area contributed by atoms with Gasteiger partial charge in [0.05, 0.1) is 13.1 Å². The highest BCUT2D eigenvalue weighted by atomic mass is 16.3. The van der Waals surface area contributed by atoms with Crippen LogP contribution in [0.3, 0.4) is 0 Å². The summed E-state index contributed by atoms with van der Waals surface area (Å²) >= 11 is 0. The molecule has 2 rings (SSSR count). The zero-order chi connectivity index (χ0) is 10.2. The van der Waals surface area contributed by atoms with E-state index in [0.717, 1.165) is 5.56 Å². The van der Waals surface area contributed by atoms with E-state index in [1.807, 2.05) is 30.3 Å². The Bertz CT molecular complexity index is 342. The summed E-state index contributed by atoms with van der Waals surface area (Å²) in [7, 11) is 0. The predicted octanol–water partition coefficient (Wildman–Crippen LogP) is 0.736. The summed E-state index contributed by atoms with van der Waals surface area (Å²) in [5, 5.41) is 10.1. The molecule has 1 fully saturated rings. The van der Waals surface area contributed by atoms with Crippen molar-refractivity contribution >= 4 is 5.91 Å². The van der Waals surface area contributed by atoms with Crippen LogP contribution in [-0.2, 0) is 10.4 Å². The van der Waals surface area contributed by atoms with Gasteiger partial charge in [-0.2, -0.15) is 0 Å². The van der Waals surface area contributed by atoms with Crippen LogP contribution in [0.25, 0.3) is 0 Å². The maximum atomic E-state index is 11.0. The van der Waals surface area contributed by atoms with Crippen molar-refractivity contribution in [3.63, 3.8) is 0 Å². The Morgan fingerprint density at radius 2 is 1.93 bits per heavy atom. The van der Waals surface area contributed by atoms with Crippen molar-refractivity contribution in [1.82, 2.24) is 4.90 Å². The maximum Gasteiger partial charge on any atom is 0.219 e. The number of rotatable bonds is 1. The SMILES string of the molecule is CC(=O)N1CC(O)(c2ccccc2)C1. The van der Waals surface area contributed by atoms with Gasteiger partial charge in [-0.05, 0) is 5.56 Å². The molecule has 0 aromatic heterocycles. The Kier molecular flexibility index (Phi) is 2.04. The fraction of sp³-hybridized carbons (Fsp3) is 0.364. The monoisotopic (exact) mass is 191 g/mol. The number of β-amino-alcohol motifs (C(OH)–C–C–N with tert-alkyl or cyclic N) is 1. The third-order valence-corrected chi connectivity index (χ3v) is 2.66. The third-order valence-electron chi connectivity index (χ3n) is 2.66. The summed E-state index contributed by atoms with van der Waals surface area (Å²) in [5.74, 6) is 0.0191. The topological polar surface area (TPSA) is 40.5 Å². The van der Waals surface area contributed by atoms with E-state index in [2.05, 4.69) is 0 Å². The smallest absolute Gasteiger partial charge is 0.219 e. The molecule has 0 bridgehead atoms. The first kappa shape index (κ1) is 9.21. The summed E-state index contributed by atoms with van der Waals surface area (Å²) in [6, 6.07) is 9.47. The van der Waals surface area contributed by atoms with Gasteiger partial charge in [-0.1, -0.05) is 30.3 Å². The molecule has 0 spiro atoms. The third kappa shape index (κ3) is 1.40. The number of benzene rings is 1. The van der Waals surface area contributed by atoms with Crippen LogP contribution in [0.15, 0.2) is 30.3 Å². The Balaban J connectivity index is 2.12. The minimum Gasteiger partial charge on any atom is -0.381 e. The van der Waals surface area contributed by atoms with Crippen LogP contribution in [0, 0.1) is 0 Å². The molecule has 1 heterocycles. The second-order valence-corrected chi connectivity index (χ2v) is 3.77. The summed E-state index contributed by atoms with van der Waals surface area (Å²) < 4.78 is 0.